The van der Waals surface area contributed by atoms with E-state index in [1.807, 2.05) is 76.5 Å². The quantitative estimate of drug-likeness (QED) is 0.590. The molecule has 0 aliphatic rings. The number of benzene rings is 2. The van der Waals surface area contributed by atoms with Crippen LogP contribution in [0.4, 0.5) is 10.5 Å². The Kier molecular flexibility index (Phi) is 8.68. The van der Waals surface area contributed by atoms with Crippen molar-refractivity contribution < 1.29 is 14.3 Å². The Bertz CT molecular complexity index is 817. The minimum atomic E-state index is -0.229. The van der Waals surface area contributed by atoms with Crippen LogP contribution in [-0.2, 0) is 11.3 Å². The molecule has 0 saturated heterocycles. The number of methoxy groups -OCH3 is 1. The summed E-state index contributed by atoms with van der Waals surface area (Å²) in [7, 11) is 5.60. The van der Waals surface area contributed by atoms with Crippen LogP contribution in [0, 0.1) is 5.92 Å². The van der Waals surface area contributed by atoms with E-state index in [9.17, 15) is 9.59 Å². The summed E-state index contributed by atoms with van der Waals surface area (Å²) in [4.78, 5) is 26.0. The smallest absolute Gasteiger partial charge is 0.315 e. The highest BCUT2D eigenvalue weighted by Crippen LogP contribution is 2.20. The summed E-state index contributed by atoms with van der Waals surface area (Å²) in [5.41, 5.74) is 2.79. The third-order valence-electron chi connectivity index (χ3n) is 4.78. The van der Waals surface area contributed by atoms with Crippen molar-refractivity contribution in [3.8, 4) is 5.75 Å². The molecule has 3 N–H and O–H groups in total. The van der Waals surface area contributed by atoms with Crippen molar-refractivity contribution in [2.75, 3.05) is 33.1 Å². The second-order valence-corrected chi connectivity index (χ2v) is 7.66. The Hall–Kier alpha value is -3.06. The van der Waals surface area contributed by atoms with Gasteiger partial charge in [0.25, 0.3) is 0 Å². The number of hydrogen-bond acceptors (Lipinski definition) is 4. The average Bonchev–Trinajstić information content (AvgIpc) is 2.73. The Balaban J connectivity index is 1.83. The molecule has 0 fully saturated rings. The number of ether oxygens (including phenoxy) is 1. The molecule has 2 aromatic carbocycles. The van der Waals surface area contributed by atoms with E-state index in [-0.39, 0.29) is 23.9 Å². The summed E-state index contributed by atoms with van der Waals surface area (Å²) in [5, 5.41) is 8.65. The second kappa shape index (κ2) is 11.2. The molecule has 0 spiro atoms. The predicted octanol–water partition coefficient (Wildman–Crippen LogP) is 3.39. The van der Waals surface area contributed by atoms with Gasteiger partial charge in [-0.05, 0) is 49.5 Å². The topological polar surface area (TPSA) is 82.7 Å². The van der Waals surface area contributed by atoms with E-state index in [4.69, 9.17) is 4.74 Å². The number of hydrogen-bond donors (Lipinski definition) is 3. The number of likely N-dealkylation sites (N-methyl/N-ethyl adjacent to an activating group) is 1. The molecule has 0 bridgehead atoms. The van der Waals surface area contributed by atoms with Gasteiger partial charge in [0.15, 0.2) is 0 Å². The van der Waals surface area contributed by atoms with Crippen LogP contribution in [-0.4, -0.2) is 44.6 Å². The third kappa shape index (κ3) is 7.08. The fraction of sp³-hybridized carbons (Fsp3) is 0.391. The maximum atomic E-state index is 12.2. The zero-order valence-electron chi connectivity index (χ0n) is 18.4. The Labute approximate surface area is 178 Å². The summed E-state index contributed by atoms with van der Waals surface area (Å²) in [6, 6.07) is 15.1. The van der Waals surface area contributed by atoms with Gasteiger partial charge in [0, 0.05) is 24.7 Å². The second-order valence-electron chi connectivity index (χ2n) is 7.66. The highest BCUT2D eigenvalue weighted by atomic mass is 16.5. The van der Waals surface area contributed by atoms with Crippen LogP contribution in [0.15, 0.2) is 48.5 Å². The molecule has 1 atom stereocenters. The predicted molar refractivity (Wildman–Crippen MR) is 120 cm³/mol. The van der Waals surface area contributed by atoms with Crippen molar-refractivity contribution in [3.63, 3.8) is 0 Å². The number of nitrogens with one attached hydrogen (secondary N) is 3. The summed E-state index contributed by atoms with van der Waals surface area (Å²) in [6.45, 7) is 4.58. The molecular weight excluding hydrogens is 380 g/mol. The molecular formula is C23H32N4O3. The lowest BCUT2D eigenvalue weighted by atomic mass is 10.1. The first kappa shape index (κ1) is 23.2. The molecule has 0 heterocycles. The van der Waals surface area contributed by atoms with Gasteiger partial charge in [-0.2, -0.15) is 0 Å². The average molecular weight is 413 g/mol. The van der Waals surface area contributed by atoms with Crippen LogP contribution >= 0.6 is 0 Å². The highest BCUT2D eigenvalue weighted by Gasteiger charge is 2.15. The zero-order valence-corrected chi connectivity index (χ0v) is 18.4. The Morgan fingerprint density at radius 1 is 0.967 bits per heavy atom. The standard InChI is InChI=1S/C23H32N4O3/c1-16(2)22(28)26-19-10-6-17(7-11-19)14-24-23(29)25-15-21(27(3)4)18-8-12-20(30-5)13-9-18/h6-13,16,21H,14-15H2,1-5H3,(H,26,28)(H2,24,25,29). The molecule has 0 aliphatic heterocycles. The number of rotatable bonds is 9. The first-order valence-electron chi connectivity index (χ1n) is 10.0. The highest BCUT2D eigenvalue weighted by molar-refractivity contribution is 5.92. The number of carbonyl (C=O) groups excluding carboxylic acids is 2. The lowest BCUT2D eigenvalue weighted by Gasteiger charge is -2.25. The first-order chi connectivity index (χ1) is 14.3. The van der Waals surface area contributed by atoms with Crippen LogP contribution in [0.3, 0.4) is 0 Å². The Morgan fingerprint density at radius 2 is 1.60 bits per heavy atom. The van der Waals surface area contributed by atoms with Crippen molar-refractivity contribution in [3.05, 3.63) is 59.7 Å². The molecule has 2 aromatic rings. The summed E-state index contributed by atoms with van der Waals surface area (Å²) in [5.74, 6) is 0.711. The van der Waals surface area contributed by atoms with Gasteiger partial charge < -0.3 is 25.6 Å². The van der Waals surface area contributed by atoms with Crippen molar-refractivity contribution >= 4 is 17.6 Å². The molecule has 30 heavy (non-hydrogen) atoms. The van der Waals surface area contributed by atoms with Gasteiger partial charge in [0.2, 0.25) is 5.91 Å². The van der Waals surface area contributed by atoms with Gasteiger partial charge in [-0.15, -0.1) is 0 Å². The minimum absolute atomic E-state index is 0.0208. The number of carbonyl (C=O) groups is 2. The zero-order chi connectivity index (χ0) is 22.1. The van der Waals surface area contributed by atoms with E-state index in [1.54, 1.807) is 7.11 Å². The van der Waals surface area contributed by atoms with Gasteiger partial charge in [-0.1, -0.05) is 38.1 Å². The lowest BCUT2D eigenvalue weighted by Crippen LogP contribution is -2.40. The van der Waals surface area contributed by atoms with Gasteiger partial charge >= 0.3 is 6.03 Å². The van der Waals surface area contributed by atoms with Crippen LogP contribution < -0.4 is 20.7 Å². The molecule has 0 aliphatic carbocycles. The van der Waals surface area contributed by atoms with Crippen molar-refractivity contribution in [2.24, 2.45) is 5.92 Å². The SMILES string of the molecule is COc1ccc(C(CNC(=O)NCc2ccc(NC(=O)C(C)C)cc2)N(C)C)cc1. The monoisotopic (exact) mass is 412 g/mol. The van der Waals surface area contributed by atoms with E-state index < -0.39 is 0 Å². The fourth-order valence-electron chi connectivity index (χ4n) is 2.85. The van der Waals surface area contributed by atoms with Gasteiger partial charge in [0.05, 0.1) is 13.2 Å². The summed E-state index contributed by atoms with van der Waals surface area (Å²) >= 11 is 0. The van der Waals surface area contributed by atoms with Gasteiger partial charge in [-0.25, -0.2) is 4.79 Å². The first-order valence-corrected chi connectivity index (χ1v) is 10.0. The third-order valence-corrected chi connectivity index (χ3v) is 4.78. The Morgan fingerprint density at radius 3 is 2.13 bits per heavy atom. The summed E-state index contributed by atoms with van der Waals surface area (Å²) < 4.78 is 5.20. The molecule has 2 rings (SSSR count). The lowest BCUT2D eigenvalue weighted by molar-refractivity contribution is -0.118. The van der Waals surface area contributed by atoms with Crippen molar-refractivity contribution in [1.82, 2.24) is 15.5 Å². The largest absolute Gasteiger partial charge is 0.497 e. The number of urea groups is 1. The molecule has 7 heteroatoms. The van der Waals surface area contributed by atoms with Crippen molar-refractivity contribution in [2.45, 2.75) is 26.4 Å². The molecule has 0 radical (unpaired) electrons. The number of amides is 3. The maximum Gasteiger partial charge on any atom is 0.315 e. The van der Waals surface area contributed by atoms with Crippen LogP contribution in [0.5, 0.6) is 5.75 Å². The van der Waals surface area contributed by atoms with Crippen LogP contribution in [0.2, 0.25) is 0 Å². The normalized spacial score (nSPS) is 11.8. The van der Waals surface area contributed by atoms with Gasteiger partial charge in [0.1, 0.15) is 5.75 Å². The van der Waals surface area contributed by atoms with Gasteiger partial charge in [-0.3, -0.25) is 4.79 Å². The molecule has 0 saturated carbocycles. The number of anilines is 1. The van der Waals surface area contributed by atoms with Crippen molar-refractivity contribution in [1.29, 1.82) is 0 Å². The molecule has 1 unspecified atom stereocenters. The molecule has 3 amide bonds. The molecule has 7 nitrogen and oxygen atoms in total. The summed E-state index contributed by atoms with van der Waals surface area (Å²) in [6.07, 6.45) is 0. The van der Waals surface area contributed by atoms with E-state index in [2.05, 4.69) is 20.9 Å². The molecule has 162 valence electrons. The van der Waals surface area contributed by atoms with E-state index in [0.717, 1.165) is 22.6 Å². The van der Waals surface area contributed by atoms with E-state index >= 15 is 0 Å². The molecule has 0 aromatic heterocycles. The van der Waals surface area contributed by atoms with Crippen LogP contribution in [0.25, 0.3) is 0 Å². The minimum Gasteiger partial charge on any atom is -0.497 e. The number of nitrogens with zero attached hydrogens (tertiary/aromatic N) is 1. The van der Waals surface area contributed by atoms with E-state index in [0.29, 0.717) is 13.1 Å². The van der Waals surface area contributed by atoms with E-state index in [1.165, 1.54) is 0 Å². The van der Waals surface area contributed by atoms with Crippen LogP contribution in [0.1, 0.15) is 31.0 Å². The fourth-order valence-corrected chi connectivity index (χ4v) is 2.85. The maximum absolute atomic E-state index is 12.2.